The first kappa shape index (κ1) is 26.9. The van der Waals surface area contributed by atoms with Gasteiger partial charge in [-0.05, 0) is 98.9 Å². The highest BCUT2D eigenvalue weighted by molar-refractivity contribution is 5.96. The van der Waals surface area contributed by atoms with Gasteiger partial charge in [-0.1, -0.05) is 33.3 Å². The molecule has 0 saturated heterocycles. The molecule has 0 aromatic carbocycles. The summed E-state index contributed by atoms with van der Waals surface area (Å²) in [5.74, 6) is -4.03. The third-order valence-electron chi connectivity index (χ3n) is 11.9. The molecule has 0 spiro atoms. The van der Waals surface area contributed by atoms with E-state index in [0.717, 1.165) is 18.4 Å². The summed E-state index contributed by atoms with van der Waals surface area (Å²) in [6.45, 7) is 13.4. The van der Waals surface area contributed by atoms with Crippen LogP contribution in [-0.2, 0) is 19.2 Å². The largest absolute Gasteiger partial charge is 0.481 e. The molecule has 7 heteroatoms. The molecule has 3 fully saturated rings. The standard InChI is InChI=1S/C29H42O7/c1-24(2,22(33)34)19-8-9-29(7)21(27(19,5)14-20(31)32)18(30)12-16-17-13-26(4,23(35)36)15-25(17,3)10-11-28(16,29)6/h12,17,19,21H,8-11,13-15H2,1-7H3,(H,31,32)(H,33,34)(H,35,36)/t17?,19?,21?,25-,26?,27-,28+,29+/m0/s1. The number of aliphatic carboxylic acids is 3. The summed E-state index contributed by atoms with van der Waals surface area (Å²) in [5, 5.41) is 30.0. The topological polar surface area (TPSA) is 129 Å². The third-order valence-corrected chi connectivity index (χ3v) is 11.9. The molecule has 7 nitrogen and oxygen atoms in total. The van der Waals surface area contributed by atoms with E-state index in [1.54, 1.807) is 19.9 Å². The van der Waals surface area contributed by atoms with Gasteiger partial charge in [-0.3, -0.25) is 19.2 Å². The number of carboxylic acids is 3. The minimum Gasteiger partial charge on any atom is -0.481 e. The van der Waals surface area contributed by atoms with Gasteiger partial charge in [0.05, 0.1) is 17.3 Å². The first-order valence-electron chi connectivity index (χ1n) is 13.2. The van der Waals surface area contributed by atoms with E-state index in [-0.39, 0.29) is 23.5 Å². The number of carboxylic acid groups (broad SMARTS) is 3. The highest BCUT2D eigenvalue weighted by Crippen LogP contribution is 2.75. The van der Waals surface area contributed by atoms with Gasteiger partial charge < -0.3 is 15.3 Å². The van der Waals surface area contributed by atoms with Crippen LogP contribution < -0.4 is 0 Å². The van der Waals surface area contributed by atoms with Crippen LogP contribution in [0, 0.1) is 50.2 Å². The zero-order valence-electron chi connectivity index (χ0n) is 22.7. The fraction of sp³-hybridized carbons (Fsp3) is 0.793. The van der Waals surface area contributed by atoms with Crippen molar-refractivity contribution < 1.29 is 34.5 Å². The van der Waals surface area contributed by atoms with Crippen molar-refractivity contribution in [3.63, 3.8) is 0 Å². The molecule has 4 unspecified atom stereocenters. The van der Waals surface area contributed by atoms with Gasteiger partial charge in [-0.25, -0.2) is 0 Å². The van der Waals surface area contributed by atoms with Crippen molar-refractivity contribution in [3.05, 3.63) is 11.6 Å². The Bertz CT molecular complexity index is 1070. The van der Waals surface area contributed by atoms with E-state index in [1.165, 1.54) is 0 Å². The molecule has 0 bridgehead atoms. The Morgan fingerprint density at radius 2 is 1.61 bits per heavy atom. The summed E-state index contributed by atoms with van der Waals surface area (Å²) in [7, 11) is 0. The molecular weight excluding hydrogens is 460 g/mol. The quantitative estimate of drug-likeness (QED) is 0.457. The molecule has 0 aromatic rings. The Hall–Kier alpha value is -2.18. The number of rotatable bonds is 5. The van der Waals surface area contributed by atoms with Crippen LogP contribution in [0.25, 0.3) is 0 Å². The highest BCUT2D eigenvalue weighted by Gasteiger charge is 2.70. The molecule has 0 amide bonds. The smallest absolute Gasteiger partial charge is 0.309 e. The van der Waals surface area contributed by atoms with Crippen molar-refractivity contribution in [2.45, 2.75) is 93.4 Å². The maximum absolute atomic E-state index is 14.1. The zero-order valence-corrected chi connectivity index (χ0v) is 22.7. The number of ketones is 1. The molecule has 0 radical (unpaired) electrons. The van der Waals surface area contributed by atoms with Crippen LogP contribution in [0.15, 0.2) is 11.6 Å². The lowest BCUT2D eigenvalue weighted by molar-refractivity contribution is -0.187. The first-order valence-corrected chi connectivity index (χ1v) is 13.2. The minimum absolute atomic E-state index is 0.0158. The monoisotopic (exact) mass is 502 g/mol. The number of fused-ring (bicyclic) bond motifs is 5. The summed E-state index contributed by atoms with van der Waals surface area (Å²) in [5.41, 5.74) is -3.16. The number of hydrogen-bond donors (Lipinski definition) is 3. The van der Waals surface area contributed by atoms with E-state index < -0.39 is 56.8 Å². The van der Waals surface area contributed by atoms with Crippen LogP contribution in [0.3, 0.4) is 0 Å². The molecular formula is C29H42O7. The second kappa shape index (κ2) is 7.67. The summed E-state index contributed by atoms with van der Waals surface area (Å²) < 4.78 is 0. The van der Waals surface area contributed by atoms with E-state index in [9.17, 15) is 34.5 Å². The lowest BCUT2D eigenvalue weighted by Gasteiger charge is -2.67. The third kappa shape index (κ3) is 3.29. The molecule has 8 atom stereocenters. The second-order valence-electron chi connectivity index (χ2n) is 14.3. The van der Waals surface area contributed by atoms with Crippen molar-refractivity contribution in [3.8, 4) is 0 Å². The molecule has 0 aromatic heterocycles. The van der Waals surface area contributed by atoms with E-state index in [1.807, 2.05) is 13.8 Å². The average Bonchev–Trinajstić information content (AvgIpc) is 3.01. The fourth-order valence-corrected chi connectivity index (χ4v) is 9.84. The Kier molecular flexibility index (Phi) is 5.73. The van der Waals surface area contributed by atoms with Crippen LogP contribution in [0.1, 0.15) is 93.4 Å². The lowest BCUT2D eigenvalue weighted by atomic mass is 9.35. The first-order chi connectivity index (χ1) is 16.3. The highest BCUT2D eigenvalue weighted by atomic mass is 16.4. The fourth-order valence-electron chi connectivity index (χ4n) is 9.84. The van der Waals surface area contributed by atoms with Crippen LogP contribution >= 0.6 is 0 Å². The molecule has 0 aliphatic heterocycles. The molecule has 36 heavy (non-hydrogen) atoms. The van der Waals surface area contributed by atoms with E-state index >= 15 is 0 Å². The van der Waals surface area contributed by atoms with E-state index in [2.05, 4.69) is 20.8 Å². The summed E-state index contributed by atoms with van der Waals surface area (Å²) in [6.07, 6.45) is 5.36. The van der Waals surface area contributed by atoms with Gasteiger partial charge in [0.1, 0.15) is 0 Å². The van der Waals surface area contributed by atoms with E-state index in [0.29, 0.717) is 25.7 Å². The molecule has 0 heterocycles. The van der Waals surface area contributed by atoms with E-state index in [4.69, 9.17) is 0 Å². The minimum atomic E-state index is -1.18. The van der Waals surface area contributed by atoms with Crippen LogP contribution in [-0.4, -0.2) is 39.0 Å². The van der Waals surface area contributed by atoms with Crippen molar-refractivity contribution >= 4 is 23.7 Å². The molecule has 200 valence electrons. The van der Waals surface area contributed by atoms with Gasteiger partial charge >= 0.3 is 17.9 Å². The molecule has 4 aliphatic rings. The predicted molar refractivity (Wildman–Crippen MR) is 133 cm³/mol. The molecule has 4 rings (SSSR count). The molecule has 3 N–H and O–H groups in total. The Morgan fingerprint density at radius 3 is 2.14 bits per heavy atom. The van der Waals surface area contributed by atoms with Gasteiger partial charge in [0.2, 0.25) is 0 Å². The number of hydrogen-bond acceptors (Lipinski definition) is 4. The van der Waals surface area contributed by atoms with Gasteiger partial charge in [0.25, 0.3) is 0 Å². The van der Waals surface area contributed by atoms with Crippen LogP contribution in [0.2, 0.25) is 0 Å². The van der Waals surface area contributed by atoms with Crippen molar-refractivity contribution in [1.82, 2.24) is 0 Å². The summed E-state index contributed by atoms with van der Waals surface area (Å²) in [4.78, 5) is 50.8. The predicted octanol–water partition coefficient (Wildman–Crippen LogP) is 5.43. The van der Waals surface area contributed by atoms with Crippen LogP contribution in [0.5, 0.6) is 0 Å². The summed E-state index contributed by atoms with van der Waals surface area (Å²) >= 11 is 0. The van der Waals surface area contributed by atoms with Gasteiger partial charge in [-0.15, -0.1) is 0 Å². The number of allylic oxidation sites excluding steroid dienone is 2. The maximum atomic E-state index is 14.1. The van der Waals surface area contributed by atoms with Gasteiger partial charge in [0.15, 0.2) is 5.78 Å². The number of carbonyl (C=O) groups is 4. The Morgan fingerprint density at radius 1 is 1.00 bits per heavy atom. The summed E-state index contributed by atoms with van der Waals surface area (Å²) in [6, 6.07) is 0. The van der Waals surface area contributed by atoms with Crippen molar-refractivity contribution in [2.24, 2.45) is 50.2 Å². The second-order valence-corrected chi connectivity index (χ2v) is 14.3. The lowest BCUT2D eigenvalue weighted by Crippen LogP contribution is -2.64. The zero-order chi connectivity index (χ0) is 27.3. The Labute approximate surface area is 213 Å². The number of carbonyl (C=O) groups excluding carboxylic acids is 1. The van der Waals surface area contributed by atoms with Crippen molar-refractivity contribution in [2.75, 3.05) is 0 Å². The molecule has 4 aliphatic carbocycles. The maximum Gasteiger partial charge on any atom is 0.309 e. The SMILES string of the molecule is CC1(C(=O)O)CC2C3=CC(=O)C4[C@@](C)(CC(=O)O)C(C(C)(C)C(=O)O)CC[C@@]4(C)[C@]3(C)CC[C@@]2(C)C1. The van der Waals surface area contributed by atoms with Crippen LogP contribution in [0.4, 0.5) is 0 Å². The van der Waals surface area contributed by atoms with Crippen molar-refractivity contribution in [1.29, 1.82) is 0 Å². The van der Waals surface area contributed by atoms with Gasteiger partial charge in [-0.2, -0.15) is 0 Å². The molecule has 3 saturated carbocycles. The normalized spacial score (nSPS) is 46.2. The average molecular weight is 503 g/mol. The van der Waals surface area contributed by atoms with Gasteiger partial charge in [0, 0.05) is 5.92 Å². The Balaban J connectivity index is 1.88.